The third-order valence-corrected chi connectivity index (χ3v) is 4.65. The van der Waals surface area contributed by atoms with E-state index in [1.807, 2.05) is 11.8 Å². The molecule has 4 aromatic rings. The van der Waals surface area contributed by atoms with Crippen LogP contribution in [0.2, 0.25) is 0 Å². The van der Waals surface area contributed by atoms with Crippen molar-refractivity contribution in [2.75, 3.05) is 0 Å². The lowest BCUT2D eigenvalue weighted by molar-refractivity contribution is 1.41. The minimum absolute atomic E-state index is 1.19. The van der Waals surface area contributed by atoms with Crippen LogP contribution in [0.1, 0.15) is 0 Å². The first-order valence-corrected chi connectivity index (χ1v) is 7.45. The zero-order chi connectivity index (χ0) is 13.4. The number of benzene rings is 3. The number of fused-ring (bicyclic) bond motifs is 2. The van der Waals surface area contributed by atoms with Gasteiger partial charge in [0.2, 0.25) is 0 Å². The van der Waals surface area contributed by atoms with E-state index in [0.717, 1.165) is 0 Å². The van der Waals surface area contributed by atoms with E-state index in [0.29, 0.717) is 0 Å². The molecule has 20 heavy (non-hydrogen) atoms. The predicted molar refractivity (Wildman–Crippen MR) is 86.4 cm³/mol. The Morgan fingerprint density at radius 2 is 1.40 bits per heavy atom. The first-order chi connectivity index (χ1) is 9.92. The Kier molecular flexibility index (Phi) is 2.75. The van der Waals surface area contributed by atoms with E-state index in [9.17, 15) is 0 Å². The lowest BCUT2D eigenvalue weighted by Gasteiger charge is -2.05. The molecule has 3 aromatic carbocycles. The summed E-state index contributed by atoms with van der Waals surface area (Å²) < 4.78 is 0. The molecule has 0 saturated heterocycles. The van der Waals surface area contributed by atoms with Crippen LogP contribution >= 0.6 is 11.8 Å². The minimum atomic E-state index is 1.19. The number of para-hydroxylation sites is 1. The first kappa shape index (κ1) is 11.6. The van der Waals surface area contributed by atoms with Gasteiger partial charge in [0.05, 0.1) is 0 Å². The summed E-state index contributed by atoms with van der Waals surface area (Å²) in [5.74, 6) is 0. The largest absolute Gasteiger partial charge is 0.360 e. The molecule has 0 saturated carbocycles. The number of hydrogen-bond donors (Lipinski definition) is 1. The van der Waals surface area contributed by atoms with Gasteiger partial charge in [0.1, 0.15) is 0 Å². The second-order valence-electron chi connectivity index (χ2n) is 4.78. The van der Waals surface area contributed by atoms with Crippen LogP contribution in [0, 0.1) is 0 Å². The molecule has 0 spiro atoms. The maximum Gasteiger partial charge on any atom is 0.0465 e. The van der Waals surface area contributed by atoms with Crippen molar-refractivity contribution in [3.05, 3.63) is 72.9 Å². The highest BCUT2D eigenvalue weighted by atomic mass is 32.2. The van der Waals surface area contributed by atoms with Gasteiger partial charge < -0.3 is 4.98 Å². The van der Waals surface area contributed by atoms with Gasteiger partial charge in [-0.15, -0.1) is 0 Å². The van der Waals surface area contributed by atoms with Gasteiger partial charge in [0, 0.05) is 26.9 Å². The summed E-state index contributed by atoms with van der Waals surface area (Å²) in [7, 11) is 0. The standard InChI is InChI=1S/C18H13NS/c1-2-8-14-13(6-1)7-5-11-17(14)20-18-12-19-16-10-4-3-9-15(16)18/h1-12,19H. The maximum absolute atomic E-state index is 3.34. The Bertz CT molecular complexity index is 887. The van der Waals surface area contributed by atoms with Gasteiger partial charge in [-0.2, -0.15) is 0 Å². The molecule has 0 fully saturated rings. The molecule has 96 valence electrons. The van der Waals surface area contributed by atoms with Gasteiger partial charge in [-0.1, -0.05) is 66.4 Å². The van der Waals surface area contributed by atoms with Gasteiger partial charge in [-0.25, -0.2) is 0 Å². The van der Waals surface area contributed by atoms with Crippen LogP contribution in [-0.4, -0.2) is 4.98 Å². The van der Waals surface area contributed by atoms with Crippen LogP contribution in [0.15, 0.2) is 82.7 Å². The summed E-state index contributed by atoms with van der Waals surface area (Å²) in [4.78, 5) is 5.91. The fourth-order valence-electron chi connectivity index (χ4n) is 2.53. The van der Waals surface area contributed by atoms with Crippen molar-refractivity contribution >= 4 is 33.4 Å². The van der Waals surface area contributed by atoms with E-state index in [-0.39, 0.29) is 0 Å². The van der Waals surface area contributed by atoms with E-state index in [2.05, 4.69) is 77.9 Å². The van der Waals surface area contributed by atoms with Crippen LogP contribution in [0.3, 0.4) is 0 Å². The number of rotatable bonds is 2. The van der Waals surface area contributed by atoms with E-state index in [1.165, 1.54) is 31.5 Å². The van der Waals surface area contributed by atoms with Gasteiger partial charge >= 0.3 is 0 Å². The molecule has 0 radical (unpaired) electrons. The van der Waals surface area contributed by atoms with Crippen LogP contribution in [0.4, 0.5) is 0 Å². The summed E-state index contributed by atoms with van der Waals surface area (Å²) in [6.07, 6.45) is 2.09. The molecule has 1 aromatic heterocycles. The molecular formula is C18H13NS. The fraction of sp³-hybridized carbons (Fsp3) is 0. The van der Waals surface area contributed by atoms with E-state index in [4.69, 9.17) is 0 Å². The Morgan fingerprint density at radius 1 is 0.650 bits per heavy atom. The summed E-state index contributed by atoms with van der Waals surface area (Å²) in [6.45, 7) is 0. The van der Waals surface area contributed by atoms with Crippen molar-refractivity contribution in [2.45, 2.75) is 9.79 Å². The first-order valence-electron chi connectivity index (χ1n) is 6.63. The molecule has 0 aliphatic heterocycles. The predicted octanol–water partition coefficient (Wildman–Crippen LogP) is 5.47. The molecule has 1 N–H and O–H groups in total. The van der Waals surface area contributed by atoms with Gasteiger partial charge in [0.25, 0.3) is 0 Å². The average Bonchev–Trinajstić information content (AvgIpc) is 2.91. The molecule has 4 rings (SSSR count). The topological polar surface area (TPSA) is 15.8 Å². The van der Waals surface area contributed by atoms with Crippen molar-refractivity contribution in [1.29, 1.82) is 0 Å². The van der Waals surface area contributed by atoms with E-state index in [1.54, 1.807) is 0 Å². The molecule has 0 unspecified atom stereocenters. The molecule has 0 amide bonds. The summed E-state index contributed by atoms with van der Waals surface area (Å²) in [6, 6.07) is 23.4. The number of nitrogens with one attached hydrogen (secondary N) is 1. The molecule has 1 heterocycles. The third-order valence-electron chi connectivity index (χ3n) is 3.52. The second-order valence-corrected chi connectivity index (χ2v) is 5.86. The summed E-state index contributed by atoms with van der Waals surface area (Å²) >= 11 is 1.82. The number of aromatic nitrogens is 1. The SMILES string of the molecule is c1ccc2c(Sc3c[nH]c4ccccc34)cccc2c1. The average molecular weight is 275 g/mol. The van der Waals surface area contributed by atoms with E-state index >= 15 is 0 Å². The highest BCUT2D eigenvalue weighted by molar-refractivity contribution is 7.99. The molecule has 0 atom stereocenters. The van der Waals surface area contributed by atoms with Crippen LogP contribution < -0.4 is 0 Å². The zero-order valence-corrected chi connectivity index (χ0v) is 11.7. The Labute approximate surface area is 121 Å². The minimum Gasteiger partial charge on any atom is -0.360 e. The van der Waals surface area contributed by atoms with Crippen molar-refractivity contribution in [3.63, 3.8) is 0 Å². The van der Waals surface area contributed by atoms with Gasteiger partial charge in [-0.05, 0) is 22.9 Å². The molecular weight excluding hydrogens is 262 g/mol. The molecule has 0 aliphatic rings. The van der Waals surface area contributed by atoms with Crippen LogP contribution in [-0.2, 0) is 0 Å². The van der Waals surface area contributed by atoms with Gasteiger partial charge in [0.15, 0.2) is 0 Å². The fourth-order valence-corrected chi connectivity index (χ4v) is 3.62. The van der Waals surface area contributed by atoms with Gasteiger partial charge in [-0.3, -0.25) is 0 Å². The number of H-pyrrole nitrogens is 1. The highest BCUT2D eigenvalue weighted by Crippen LogP contribution is 2.37. The quantitative estimate of drug-likeness (QED) is 0.512. The van der Waals surface area contributed by atoms with Crippen molar-refractivity contribution in [3.8, 4) is 0 Å². The lowest BCUT2D eigenvalue weighted by atomic mass is 10.1. The maximum atomic E-state index is 3.34. The summed E-state index contributed by atoms with van der Waals surface area (Å²) in [5, 5.41) is 3.88. The number of aromatic amines is 1. The Morgan fingerprint density at radius 3 is 2.35 bits per heavy atom. The molecule has 1 nitrogen and oxygen atoms in total. The van der Waals surface area contributed by atoms with Crippen molar-refractivity contribution in [2.24, 2.45) is 0 Å². The highest BCUT2D eigenvalue weighted by Gasteiger charge is 2.07. The summed E-state index contributed by atoms with van der Waals surface area (Å²) in [5.41, 5.74) is 1.19. The molecule has 0 aliphatic carbocycles. The Balaban J connectivity index is 1.85. The molecule has 0 bridgehead atoms. The van der Waals surface area contributed by atoms with Crippen LogP contribution in [0.25, 0.3) is 21.7 Å². The third kappa shape index (κ3) is 1.89. The molecule has 2 heteroatoms. The second kappa shape index (κ2) is 4.73. The smallest absolute Gasteiger partial charge is 0.0465 e. The van der Waals surface area contributed by atoms with Crippen molar-refractivity contribution < 1.29 is 0 Å². The zero-order valence-electron chi connectivity index (χ0n) is 10.8. The number of hydrogen-bond acceptors (Lipinski definition) is 1. The monoisotopic (exact) mass is 275 g/mol. The van der Waals surface area contributed by atoms with Crippen molar-refractivity contribution in [1.82, 2.24) is 4.98 Å². The van der Waals surface area contributed by atoms with E-state index < -0.39 is 0 Å². The van der Waals surface area contributed by atoms with Crippen LogP contribution in [0.5, 0.6) is 0 Å². The normalized spacial score (nSPS) is 11.2. The lowest BCUT2D eigenvalue weighted by Crippen LogP contribution is -1.77. The Hall–Kier alpha value is -2.19.